The topological polar surface area (TPSA) is 15.6 Å². The molecule has 0 spiro atoms. The maximum atomic E-state index is 4.50. The van der Waals surface area contributed by atoms with E-state index in [9.17, 15) is 0 Å². The maximum absolute atomic E-state index is 4.50. The summed E-state index contributed by atoms with van der Waals surface area (Å²) in [6.07, 6.45) is 0. The SMILES string of the molecule is C/C(=N\CN(C)C)c1ccccc1C. The number of aryl methyl sites for hydroxylation is 1. The minimum atomic E-state index is 0.750. The van der Waals surface area contributed by atoms with Crippen LogP contribution in [-0.4, -0.2) is 31.4 Å². The number of hydrogen-bond donors (Lipinski definition) is 0. The predicted molar refractivity (Wildman–Crippen MR) is 61.9 cm³/mol. The molecule has 14 heavy (non-hydrogen) atoms. The third-order valence-corrected chi connectivity index (χ3v) is 2.13. The van der Waals surface area contributed by atoms with E-state index in [1.165, 1.54) is 11.1 Å². The monoisotopic (exact) mass is 190 g/mol. The summed E-state index contributed by atoms with van der Waals surface area (Å²) in [6.45, 7) is 4.93. The molecule has 0 bridgehead atoms. The van der Waals surface area contributed by atoms with Crippen LogP contribution in [0.3, 0.4) is 0 Å². The molecule has 0 N–H and O–H groups in total. The van der Waals surface area contributed by atoms with Crippen molar-refractivity contribution in [3.8, 4) is 0 Å². The maximum Gasteiger partial charge on any atom is 0.0907 e. The summed E-state index contributed by atoms with van der Waals surface area (Å²) < 4.78 is 0. The fraction of sp³-hybridized carbons (Fsp3) is 0.417. The second-order valence-electron chi connectivity index (χ2n) is 3.78. The number of hydrogen-bond acceptors (Lipinski definition) is 2. The van der Waals surface area contributed by atoms with Crippen molar-refractivity contribution in [2.45, 2.75) is 13.8 Å². The van der Waals surface area contributed by atoms with E-state index in [1.807, 2.05) is 14.1 Å². The molecule has 0 aliphatic carbocycles. The van der Waals surface area contributed by atoms with Gasteiger partial charge in [-0.1, -0.05) is 24.3 Å². The lowest BCUT2D eigenvalue weighted by atomic mass is 10.1. The average Bonchev–Trinajstić information content (AvgIpc) is 2.15. The third kappa shape index (κ3) is 2.96. The minimum Gasteiger partial charge on any atom is -0.291 e. The van der Waals surface area contributed by atoms with Gasteiger partial charge < -0.3 is 0 Å². The van der Waals surface area contributed by atoms with E-state index in [0.29, 0.717) is 0 Å². The molecule has 0 aliphatic heterocycles. The van der Waals surface area contributed by atoms with E-state index in [1.54, 1.807) is 0 Å². The Morgan fingerprint density at radius 3 is 2.50 bits per heavy atom. The Kier molecular flexibility index (Phi) is 3.84. The summed E-state index contributed by atoms with van der Waals surface area (Å²) in [4.78, 5) is 6.55. The normalized spacial score (nSPS) is 12.2. The van der Waals surface area contributed by atoms with Crippen LogP contribution < -0.4 is 0 Å². The van der Waals surface area contributed by atoms with Gasteiger partial charge in [0.2, 0.25) is 0 Å². The summed E-state index contributed by atoms with van der Waals surface area (Å²) in [7, 11) is 4.04. The summed E-state index contributed by atoms with van der Waals surface area (Å²) in [5.74, 6) is 0. The molecule has 1 aromatic rings. The van der Waals surface area contributed by atoms with Crippen molar-refractivity contribution >= 4 is 5.71 Å². The minimum absolute atomic E-state index is 0.750. The van der Waals surface area contributed by atoms with E-state index in [0.717, 1.165) is 12.4 Å². The van der Waals surface area contributed by atoms with Crippen molar-refractivity contribution < 1.29 is 0 Å². The quantitative estimate of drug-likeness (QED) is 0.668. The van der Waals surface area contributed by atoms with Gasteiger partial charge >= 0.3 is 0 Å². The number of nitrogens with zero attached hydrogens (tertiary/aromatic N) is 2. The van der Waals surface area contributed by atoms with E-state index in [-0.39, 0.29) is 0 Å². The molecule has 0 heterocycles. The van der Waals surface area contributed by atoms with Gasteiger partial charge in [-0.3, -0.25) is 9.89 Å². The van der Waals surface area contributed by atoms with Crippen LogP contribution in [0.4, 0.5) is 0 Å². The first-order valence-electron chi connectivity index (χ1n) is 4.83. The van der Waals surface area contributed by atoms with Crippen molar-refractivity contribution in [1.29, 1.82) is 0 Å². The Morgan fingerprint density at radius 2 is 1.93 bits per heavy atom. The smallest absolute Gasteiger partial charge is 0.0907 e. The van der Waals surface area contributed by atoms with Gasteiger partial charge in [0.25, 0.3) is 0 Å². The van der Waals surface area contributed by atoms with Crippen LogP contribution in [0.15, 0.2) is 29.3 Å². The lowest BCUT2D eigenvalue weighted by Crippen LogP contribution is -2.13. The van der Waals surface area contributed by atoms with Gasteiger partial charge in [0, 0.05) is 5.71 Å². The largest absolute Gasteiger partial charge is 0.291 e. The third-order valence-electron chi connectivity index (χ3n) is 2.13. The lowest BCUT2D eigenvalue weighted by Gasteiger charge is -2.08. The highest BCUT2D eigenvalue weighted by molar-refractivity contribution is 5.99. The standard InChI is InChI=1S/C12H18N2/c1-10-7-5-6-8-12(10)11(2)13-9-14(3)4/h5-8H,9H2,1-4H3/b13-11+. The Morgan fingerprint density at radius 1 is 1.29 bits per heavy atom. The molecule has 0 unspecified atom stereocenters. The molecule has 1 rings (SSSR count). The van der Waals surface area contributed by atoms with Crippen LogP contribution in [0, 0.1) is 6.92 Å². The molecule has 2 heteroatoms. The summed E-state index contributed by atoms with van der Waals surface area (Å²) in [6, 6.07) is 8.34. The second-order valence-corrected chi connectivity index (χ2v) is 3.78. The molecule has 0 fully saturated rings. The van der Waals surface area contributed by atoms with Gasteiger partial charge in [-0.15, -0.1) is 0 Å². The zero-order valence-electron chi connectivity index (χ0n) is 9.41. The Labute approximate surface area is 86.3 Å². The van der Waals surface area contributed by atoms with Crippen LogP contribution >= 0.6 is 0 Å². The van der Waals surface area contributed by atoms with Crippen LogP contribution in [0.2, 0.25) is 0 Å². The van der Waals surface area contributed by atoms with Crippen molar-refractivity contribution in [2.24, 2.45) is 4.99 Å². The number of rotatable bonds is 3. The van der Waals surface area contributed by atoms with Crippen LogP contribution in [0.25, 0.3) is 0 Å². The number of aliphatic imine (C=N–C) groups is 1. The number of benzene rings is 1. The molecule has 2 nitrogen and oxygen atoms in total. The molecule has 1 aromatic carbocycles. The molecular formula is C12H18N2. The zero-order chi connectivity index (χ0) is 10.6. The first-order chi connectivity index (χ1) is 6.61. The molecule has 0 amide bonds. The van der Waals surface area contributed by atoms with Crippen molar-refractivity contribution in [3.63, 3.8) is 0 Å². The highest BCUT2D eigenvalue weighted by Crippen LogP contribution is 2.08. The molecule has 0 atom stereocenters. The van der Waals surface area contributed by atoms with E-state index < -0.39 is 0 Å². The molecule has 0 aromatic heterocycles. The molecule has 0 saturated heterocycles. The fourth-order valence-corrected chi connectivity index (χ4v) is 1.31. The van der Waals surface area contributed by atoms with E-state index in [4.69, 9.17) is 0 Å². The van der Waals surface area contributed by atoms with Gasteiger partial charge in [0.1, 0.15) is 0 Å². The van der Waals surface area contributed by atoms with Crippen molar-refractivity contribution in [1.82, 2.24) is 4.90 Å². The van der Waals surface area contributed by atoms with Crippen molar-refractivity contribution in [3.05, 3.63) is 35.4 Å². The Bertz CT molecular complexity index is 327. The molecule has 0 saturated carbocycles. The van der Waals surface area contributed by atoms with Crippen LogP contribution in [0.1, 0.15) is 18.1 Å². The second kappa shape index (κ2) is 4.91. The van der Waals surface area contributed by atoms with Crippen molar-refractivity contribution in [2.75, 3.05) is 20.8 Å². The van der Waals surface area contributed by atoms with Gasteiger partial charge in [-0.05, 0) is 39.1 Å². The fourth-order valence-electron chi connectivity index (χ4n) is 1.31. The molecule has 0 aliphatic rings. The van der Waals surface area contributed by atoms with Crippen LogP contribution in [-0.2, 0) is 0 Å². The van der Waals surface area contributed by atoms with Gasteiger partial charge in [-0.2, -0.15) is 0 Å². The average molecular weight is 190 g/mol. The summed E-state index contributed by atoms with van der Waals surface area (Å²) >= 11 is 0. The summed E-state index contributed by atoms with van der Waals surface area (Å²) in [5.41, 5.74) is 3.64. The predicted octanol–water partition coefficient (Wildman–Crippen LogP) is 2.32. The van der Waals surface area contributed by atoms with E-state index in [2.05, 4.69) is 48.0 Å². The Balaban J connectivity index is 2.84. The van der Waals surface area contributed by atoms with Gasteiger partial charge in [0.15, 0.2) is 0 Å². The lowest BCUT2D eigenvalue weighted by molar-refractivity contribution is 0.424. The van der Waals surface area contributed by atoms with Gasteiger partial charge in [-0.25, -0.2) is 0 Å². The first-order valence-corrected chi connectivity index (χ1v) is 4.83. The highest BCUT2D eigenvalue weighted by Gasteiger charge is 1.99. The molecule has 0 radical (unpaired) electrons. The molecule has 76 valence electrons. The van der Waals surface area contributed by atoms with Gasteiger partial charge in [0.05, 0.1) is 6.67 Å². The zero-order valence-corrected chi connectivity index (χ0v) is 9.41. The first kappa shape index (κ1) is 10.9. The Hall–Kier alpha value is -1.15. The molecular weight excluding hydrogens is 172 g/mol. The highest BCUT2D eigenvalue weighted by atomic mass is 15.1. The van der Waals surface area contributed by atoms with Crippen LogP contribution in [0.5, 0.6) is 0 Å². The van der Waals surface area contributed by atoms with E-state index >= 15 is 0 Å². The summed E-state index contributed by atoms with van der Waals surface area (Å²) in [5, 5.41) is 0.